The molecule has 82 valence electrons. The van der Waals surface area contributed by atoms with Crippen molar-refractivity contribution in [3.05, 3.63) is 35.5 Å². The molecule has 0 atom stereocenters. The van der Waals surface area contributed by atoms with E-state index in [1.54, 1.807) is 22.9 Å². The fourth-order valence-corrected chi connectivity index (χ4v) is 1.56. The monoisotopic (exact) mass is 216 g/mol. The molecule has 0 aliphatic rings. The van der Waals surface area contributed by atoms with Gasteiger partial charge in [0, 0.05) is 18.3 Å². The van der Waals surface area contributed by atoms with Gasteiger partial charge in [0.25, 0.3) is 0 Å². The van der Waals surface area contributed by atoms with Crippen molar-refractivity contribution in [2.24, 2.45) is 7.05 Å². The molecule has 4 heteroatoms. The normalized spacial score (nSPS) is 10.4. The summed E-state index contributed by atoms with van der Waals surface area (Å²) in [5.74, 6) is -0.0180. The minimum atomic E-state index is -0.0180. The second-order valence-corrected chi connectivity index (χ2v) is 3.66. The smallest absolute Gasteiger partial charge is 0.153 e. The van der Waals surface area contributed by atoms with E-state index in [0.717, 1.165) is 5.69 Å². The minimum Gasteiger partial charge on any atom is -0.506 e. The molecule has 0 saturated carbocycles. The fourth-order valence-electron chi connectivity index (χ4n) is 1.56. The zero-order valence-electron chi connectivity index (χ0n) is 9.14. The van der Waals surface area contributed by atoms with Crippen LogP contribution < -0.4 is 0 Å². The summed E-state index contributed by atoms with van der Waals surface area (Å²) in [6.07, 6.45) is 0.634. The Bertz CT molecular complexity index is 524. The average Bonchev–Trinajstić information content (AvgIpc) is 2.59. The third kappa shape index (κ3) is 1.58. The Morgan fingerprint density at radius 3 is 2.75 bits per heavy atom. The SMILES string of the molecule is Cc1cc(-c2cccc(C=O)c2O)nn1C. The van der Waals surface area contributed by atoms with Crippen molar-refractivity contribution in [2.45, 2.75) is 6.92 Å². The zero-order chi connectivity index (χ0) is 11.7. The molecule has 1 heterocycles. The summed E-state index contributed by atoms with van der Waals surface area (Å²) in [6, 6.07) is 6.90. The summed E-state index contributed by atoms with van der Waals surface area (Å²) < 4.78 is 1.72. The zero-order valence-corrected chi connectivity index (χ0v) is 9.14. The van der Waals surface area contributed by atoms with Gasteiger partial charge in [-0.15, -0.1) is 0 Å². The number of aryl methyl sites for hydroxylation is 2. The van der Waals surface area contributed by atoms with E-state index in [-0.39, 0.29) is 11.3 Å². The molecular formula is C12H12N2O2. The topological polar surface area (TPSA) is 55.1 Å². The number of rotatable bonds is 2. The van der Waals surface area contributed by atoms with E-state index >= 15 is 0 Å². The number of carbonyl (C=O) groups excluding carboxylic acids is 1. The van der Waals surface area contributed by atoms with Crippen LogP contribution in [0, 0.1) is 6.92 Å². The molecular weight excluding hydrogens is 204 g/mol. The summed E-state index contributed by atoms with van der Waals surface area (Å²) in [7, 11) is 1.83. The summed E-state index contributed by atoms with van der Waals surface area (Å²) >= 11 is 0. The quantitative estimate of drug-likeness (QED) is 0.780. The van der Waals surface area contributed by atoms with Crippen LogP contribution in [0.4, 0.5) is 0 Å². The van der Waals surface area contributed by atoms with Crippen molar-refractivity contribution < 1.29 is 9.90 Å². The van der Waals surface area contributed by atoms with Crippen molar-refractivity contribution >= 4 is 6.29 Å². The maximum atomic E-state index is 10.7. The van der Waals surface area contributed by atoms with Gasteiger partial charge in [0.1, 0.15) is 5.75 Å². The molecule has 1 N–H and O–H groups in total. The number of carbonyl (C=O) groups is 1. The van der Waals surface area contributed by atoms with Gasteiger partial charge in [0.15, 0.2) is 6.29 Å². The van der Waals surface area contributed by atoms with E-state index in [9.17, 15) is 9.90 Å². The highest BCUT2D eigenvalue weighted by atomic mass is 16.3. The van der Waals surface area contributed by atoms with E-state index in [0.29, 0.717) is 17.5 Å². The van der Waals surface area contributed by atoms with Crippen molar-refractivity contribution in [3.8, 4) is 17.0 Å². The maximum Gasteiger partial charge on any atom is 0.153 e. The van der Waals surface area contributed by atoms with Crippen LogP contribution in [0.1, 0.15) is 16.1 Å². The first kappa shape index (κ1) is 10.4. The van der Waals surface area contributed by atoms with Crippen molar-refractivity contribution in [2.75, 3.05) is 0 Å². The Labute approximate surface area is 93.1 Å². The van der Waals surface area contributed by atoms with Crippen molar-refractivity contribution in [1.82, 2.24) is 9.78 Å². The molecule has 0 spiro atoms. The summed E-state index contributed by atoms with van der Waals surface area (Å²) in [4.78, 5) is 10.7. The summed E-state index contributed by atoms with van der Waals surface area (Å²) in [5.41, 5.74) is 2.52. The fraction of sp³-hybridized carbons (Fsp3) is 0.167. The lowest BCUT2D eigenvalue weighted by molar-refractivity contribution is 0.112. The average molecular weight is 216 g/mol. The second kappa shape index (κ2) is 3.81. The molecule has 0 aliphatic heterocycles. The predicted octanol–water partition coefficient (Wildman–Crippen LogP) is 1.91. The number of benzene rings is 1. The molecule has 0 radical (unpaired) electrons. The third-order valence-electron chi connectivity index (χ3n) is 2.58. The maximum absolute atomic E-state index is 10.7. The Kier molecular flexibility index (Phi) is 2.48. The van der Waals surface area contributed by atoms with Gasteiger partial charge < -0.3 is 5.11 Å². The first-order chi connectivity index (χ1) is 7.63. The second-order valence-electron chi connectivity index (χ2n) is 3.66. The Morgan fingerprint density at radius 2 is 2.19 bits per heavy atom. The van der Waals surface area contributed by atoms with Gasteiger partial charge in [0.2, 0.25) is 0 Å². The van der Waals surface area contributed by atoms with Gasteiger partial charge >= 0.3 is 0 Å². The number of aromatic nitrogens is 2. The Morgan fingerprint density at radius 1 is 1.44 bits per heavy atom. The standard InChI is InChI=1S/C12H12N2O2/c1-8-6-11(13-14(8)2)10-5-3-4-9(7-15)12(10)16/h3-7,16H,1-2H3. The van der Waals surface area contributed by atoms with Crippen LogP contribution in [0.3, 0.4) is 0 Å². The molecule has 2 rings (SSSR count). The number of phenolic OH excluding ortho intramolecular Hbond substituents is 1. The largest absolute Gasteiger partial charge is 0.506 e. The molecule has 16 heavy (non-hydrogen) atoms. The minimum absolute atomic E-state index is 0.0180. The number of hydrogen-bond donors (Lipinski definition) is 1. The molecule has 4 nitrogen and oxygen atoms in total. The number of aldehydes is 1. The van der Waals surface area contributed by atoms with Crippen molar-refractivity contribution in [3.63, 3.8) is 0 Å². The third-order valence-corrected chi connectivity index (χ3v) is 2.58. The van der Waals surface area contributed by atoms with E-state index in [1.165, 1.54) is 0 Å². The van der Waals surface area contributed by atoms with E-state index in [2.05, 4.69) is 5.10 Å². The number of para-hydroxylation sites is 1. The Hall–Kier alpha value is -2.10. The van der Waals surface area contributed by atoms with Gasteiger partial charge in [-0.3, -0.25) is 9.48 Å². The first-order valence-electron chi connectivity index (χ1n) is 4.91. The van der Waals surface area contributed by atoms with Gasteiger partial charge in [0.05, 0.1) is 11.3 Å². The van der Waals surface area contributed by atoms with Crippen molar-refractivity contribution in [1.29, 1.82) is 0 Å². The number of hydrogen-bond acceptors (Lipinski definition) is 3. The van der Waals surface area contributed by atoms with Gasteiger partial charge in [-0.1, -0.05) is 6.07 Å². The van der Waals surface area contributed by atoms with Crippen LogP contribution in [0.15, 0.2) is 24.3 Å². The molecule has 0 saturated heterocycles. The van der Waals surface area contributed by atoms with Crippen LogP contribution in [-0.4, -0.2) is 21.2 Å². The Balaban J connectivity index is 2.60. The lowest BCUT2D eigenvalue weighted by atomic mass is 10.1. The predicted molar refractivity (Wildman–Crippen MR) is 60.4 cm³/mol. The lowest BCUT2D eigenvalue weighted by Crippen LogP contribution is -1.92. The van der Waals surface area contributed by atoms with Crippen LogP contribution in [0.2, 0.25) is 0 Å². The molecule has 0 unspecified atom stereocenters. The number of nitrogens with zero attached hydrogens (tertiary/aromatic N) is 2. The highest BCUT2D eigenvalue weighted by molar-refractivity contribution is 5.84. The molecule has 0 amide bonds. The van der Waals surface area contributed by atoms with Crippen LogP contribution >= 0.6 is 0 Å². The van der Waals surface area contributed by atoms with Gasteiger partial charge in [-0.2, -0.15) is 5.10 Å². The highest BCUT2D eigenvalue weighted by Crippen LogP contribution is 2.30. The van der Waals surface area contributed by atoms with E-state index < -0.39 is 0 Å². The molecule has 2 aromatic rings. The van der Waals surface area contributed by atoms with Crippen LogP contribution in [-0.2, 0) is 7.05 Å². The molecule has 0 bridgehead atoms. The van der Waals surface area contributed by atoms with E-state index in [1.807, 2.05) is 20.0 Å². The van der Waals surface area contributed by atoms with Crippen LogP contribution in [0.25, 0.3) is 11.3 Å². The summed E-state index contributed by atoms with van der Waals surface area (Å²) in [6.45, 7) is 1.93. The summed E-state index contributed by atoms with van der Waals surface area (Å²) in [5, 5.41) is 14.1. The van der Waals surface area contributed by atoms with E-state index in [4.69, 9.17) is 0 Å². The van der Waals surface area contributed by atoms with Crippen LogP contribution in [0.5, 0.6) is 5.75 Å². The molecule has 0 aliphatic carbocycles. The van der Waals surface area contributed by atoms with Gasteiger partial charge in [-0.25, -0.2) is 0 Å². The number of aromatic hydroxyl groups is 1. The van der Waals surface area contributed by atoms with Gasteiger partial charge in [-0.05, 0) is 25.1 Å². The highest BCUT2D eigenvalue weighted by Gasteiger charge is 2.11. The molecule has 1 aromatic heterocycles. The first-order valence-corrected chi connectivity index (χ1v) is 4.91. The lowest BCUT2D eigenvalue weighted by Gasteiger charge is -2.02. The number of phenols is 1. The molecule has 1 aromatic carbocycles. The molecule has 0 fully saturated rings.